The molecule has 0 bridgehead atoms. The zero-order valence-electron chi connectivity index (χ0n) is 17.9. The van der Waals surface area contributed by atoms with Crippen LogP contribution in [0.4, 0.5) is 17.1 Å². The minimum absolute atomic E-state index is 0.0529. The molecule has 2 heterocycles. The SMILES string of the molecule is Cc1ccc(Cl)cc1NC(=O)[C@@H](C)N1CCN(c2ccc([N+](=O)[O-])c3cnccc23)CC1. The monoisotopic (exact) mass is 453 g/mol. The molecule has 32 heavy (non-hydrogen) atoms. The van der Waals surface area contributed by atoms with Crippen molar-refractivity contribution < 1.29 is 9.72 Å². The fraction of sp³-hybridized carbons (Fsp3) is 0.304. The van der Waals surface area contributed by atoms with Crippen molar-refractivity contribution in [1.82, 2.24) is 9.88 Å². The lowest BCUT2D eigenvalue weighted by Gasteiger charge is -2.39. The van der Waals surface area contributed by atoms with Crippen molar-refractivity contribution in [2.45, 2.75) is 19.9 Å². The van der Waals surface area contributed by atoms with Crippen LogP contribution in [-0.2, 0) is 4.79 Å². The Labute approximate surface area is 190 Å². The van der Waals surface area contributed by atoms with E-state index >= 15 is 0 Å². The molecule has 1 aliphatic rings. The summed E-state index contributed by atoms with van der Waals surface area (Å²) in [6, 6.07) is 10.3. The molecular formula is C23H24ClN5O3. The van der Waals surface area contributed by atoms with E-state index in [2.05, 4.69) is 20.1 Å². The van der Waals surface area contributed by atoms with Gasteiger partial charge in [-0.1, -0.05) is 17.7 Å². The molecule has 0 spiro atoms. The quantitative estimate of drug-likeness (QED) is 0.458. The number of nitro benzene ring substituents is 1. The number of fused-ring (bicyclic) bond motifs is 1. The molecule has 1 amide bonds. The van der Waals surface area contributed by atoms with E-state index in [-0.39, 0.29) is 22.6 Å². The highest BCUT2D eigenvalue weighted by atomic mass is 35.5. The van der Waals surface area contributed by atoms with E-state index in [9.17, 15) is 14.9 Å². The van der Waals surface area contributed by atoms with E-state index in [1.54, 1.807) is 24.4 Å². The van der Waals surface area contributed by atoms with Gasteiger partial charge in [0.25, 0.3) is 5.69 Å². The molecular weight excluding hydrogens is 430 g/mol. The molecule has 166 valence electrons. The molecule has 4 rings (SSSR count). The van der Waals surface area contributed by atoms with Gasteiger partial charge in [-0.05, 0) is 43.7 Å². The third-order valence-corrected chi connectivity index (χ3v) is 6.24. The summed E-state index contributed by atoms with van der Waals surface area (Å²) in [5, 5.41) is 16.3. The normalized spacial score (nSPS) is 15.5. The number of benzene rings is 2. The van der Waals surface area contributed by atoms with Gasteiger partial charge in [-0.25, -0.2) is 0 Å². The molecule has 8 nitrogen and oxygen atoms in total. The van der Waals surface area contributed by atoms with Gasteiger partial charge in [0, 0.05) is 66.4 Å². The first-order valence-electron chi connectivity index (χ1n) is 10.4. The van der Waals surface area contributed by atoms with E-state index in [0.29, 0.717) is 36.6 Å². The minimum atomic E-state index is -0.381. The van der Waals surface area contributed by atoms with Gasteiger partial charge in [-0.2, -0.15) is 0 Å². The van der Waals surface area contributed by atoms with Gasteiger partial charge < -0.3 is 10.2 Å². The van der Waals surface area contributed by atoms with Crippen LogP contribution in [0.25, 0.3) is 10.8 Å². The summed E-state index contributed by atoms with van der Waals surface area (Å²) < 4.78 is 0. The van der Waals surface area contributed by atoms with Crippen LogP contribution >= 0.6 is 11.6 Å². The summed E-state index contributed by atoms with van der Waals surface area (Å²) in [7, 11) is 0. The topological polar surface area (TPSA) is 91.6 Å². The lowest BCUT2D eigenvalue weighted by molar-refractivity contribution is -0.383. The van der Waals surface area contributed by atoms with Crippen molar-refractivity contribution in [1.29, 1.82) is 0 Å². The number of halogens is 1. The number of pyridine rings is 1. The first kappa shape index (κ1) is 22.0. The molecule has 1 N–H and O–H groups in total. The van der Waals surface area contributed by atoms with Crippen LogP contribution in [0.5, 0.6) is 0 Å². The Morgan fingerprint density at radius 2 is 1.91 bits per heavy atom. The van der Waals surface area contributed by atoms with Gasteiger partial charge in [-0.15, -0.1) is 0 Å². The number of piperazine rings is 1. The van der Waals surface area contributed by atoms with Gasteiger partial charge in [0.2, 0.25) is 5.91 Å². The van der Waals surface area contributed by atoms with Crippen LogP contribution < -0.4 is 10.2 Å². The second kappa shape index (κ2) is 9.10. The molecule has 9 heteroatoms. The van der Waals surface area contributed by atoms with Crippen molar-refractivity contribution in [3.63, 3.8) is 0 Å². The number of carbonyl (C=O) groups is 1. The Kier molecular flexibility index (Phi) is 6.25. The van der Waals surface area contributed by atoms with Crippen LogP contribution in [0.2, 0.25) is 5.02 Å². The fourth-order valence-corrected chi connectivity index (χ4v) is 4.25. The lowest BCUT2D eigenvalue weighted by atomic mass is 10.1. The fourth-order valence-electron chi connectivity index (χ4n) is 4.08. The maximum atomic E-state index is 12.8. The minimum Gasteiger partial charge on any atom is -0.368 e. The molecule has 0 radical (unpaired) electrons. The molecule has 0 saturated carbocycles. The van der Waals surface area contributed by atoms with Crippen molar-refractivity contribution >= 4 is 45.3 Å². The number of rotatable bonds is 5. The predicted molar refractivity (Wildman–Crippen MR) is 126 cm³/mol. The van der Waals surface area contributed by atoms with Crippen molar-refractivity contribution in [2.24, 2.45) is 0 Å². The highest BCUT2D eigenvalue weighted by molar-refractivity contribution is 6.31. The highest BCUT2D eigenvalue weighted by Gasteiger charge is 2.27. The Morgan fingerprint density at radius 3 is 2.62 bits per heavy atom. The van der Waals surface area contributed by atoms with Crippen LogP contribution in [0.1, 0.15) is 12.5 Å². The number of non-ortho nitro benzene ring substituents is 1. The van der Waals surface area contributed by atoms with Crippen molar-refractivity contribution in [3.05, 3.63) is 69.5 Å². The summed E-state index contributed by atoms with van der Waals surface area (Å²) >= 11 is 6.06. The molecule has 0 unspecified atom stereocenters. The van der Waals surface area contributed by atoms with Crippen LogP contribution in [-0.4, -0.2) is 52.9 Å². The number of aromatic nitrogens is 1. The van der Waals surface area contributed by atoms with E-state index in [4.69, 9.17) is 11.6 Å². The van der Waals surface area contributed by atoms with Gasteiger partial charge in [0.1, 0.15) is 0 Å². The summed E-state index contributed by atoms with van der Waals surface area (Å²) in [5.74, 6) is -0.0734. The summed E-state index contributed by atoms with van der Waals surface area (Å²) in [6.07, 6.45) is 3.19. The number of anilines is 2. The number of aryl methyl sites for hydroxylation is 1. The summed E-state index contributed by atoms with van der Waals surface area (Å²) in [4.78, 5) is 32.2. The Balaban J connectivity index is 1.45. The average Bonchev–Trinajstić information content (AvgIpc) is 2.80. The Morgan fingerprint density at radius 1 is 1.16 bits per heavy atom. The van der Waals surface area contributed by atoms with Gasteiger partial charge in [0.05, 0.1) is 16.4 Å². The Hall–Kier alpha value is -3.23. The van der Waals surface area contributed by atoms with Crippen molar-refractivity contribution in [3.8, 4) is 0 Å². The lowest BCUT2D eigenvalue weighted by Crippen LogP contribution is -2.52. The van der Waals surface area contributed by atoms with Gasteiger partial charge in [0.15, 0.2) is 0 Å². The van der Waals surface area contributed by atoms with Crippen LogP contribution in [0.15, 0.2) is 48.8 Å². The third kappa shape index (κ3) is 4.37. The number of carbonyl (C=O) groups excluding carboxylic acids is 1. The molecule has 2 aromatic carbocycles. The van der Waals surface area contributed by atoms with E-state index in [0.717, 1.165) is 22.3 Å². The first-order valence-corrected chi connectivity index (χ1v) is 10.8. The van der Waals surface area contributed by atoms with Crippen LogP contribution in [0.3, 0.4) is 0 Å². The Bertz CT molecular complexity index is 1180. The molecule has 1 aromatic heterocycles. The number of nitrogens with zero attached hydrogens (tertiary/aromatic N) is 4. The number of hydrogen-bond donors (Lipinski definition) is 1. The third-order valence-electron chi connectivity index (χ3n) is 6.01. The predicted octanol–water partition coefficient (Wildman–Crippen LogP) is 4.25. The van der Waals surface area contributed by atoms with Crippen LogP contribution in [0, 0.1) is 17.0 Å². The zero-order valence-corrected chi connectivity index (χ0v) is 18.7. The molecule has 1 saturated heterocycles. The molecule has 0 aliphatic carbocycles. The molecule has 1 aliphatic heterocycles. The second-order valence-electron chi connectivity index (χ2n) is 7.93. The number of hydrogen-bond acceptors (Lipinski definition) is 6. The number of nitrogens with one attached hydrogen (secondary N) is 1. The molecule has 3 aromatic rings. The van der Waals surface area contributed by atoms with E-state index in [1.807, 2.05) is 26.0 Å². The second-order valence-corrected chi connectivity index (χ2v) is 8.37. The number of amides is 1. The van der Waals surface area contributed by atoms with Gasteiger partial charge in [-0.3, -0.25) is 24.8 Å². The smallest absolute Gasteiger partial charge is 0.278 e. The van der Waals surface area contributed by atoms with Crippen molar-refractivity contribution in [2.75, 3.05) is 36.4 Å². The van der Waals surface area contributed by atoms with E-state index < -0.39 is 0 Å². The largest absolute Gasteiger partial charge is 0.368 e. The summed E-state index contributed by atoms with van der Waals surface area (Å²) in [6.45, 7) is 6.66. The zero-order chi connectivity index (χ0) is 22.8. The van der Waals surface area contributed by atoms with E-state index in [1.165, 1.54) is 12.3 Å². The standard InChI is InChI=1S/C23H24ClN5O3/c1-15-3-4-17(24)13-20(15)26-23(30)16(2)27-9-11-28(12-10-27)21-5-6-22(29(31)32)19-14-25-8-7-18(19)21/h3-8,13-14,16H,9-12H2,1-2H3,(H,26,30)/t16-/m1/s1. The molecule has 1 atom stereocenters. The summed E-state index contributed by atoms with van der Waals surface area (Å²) in [5.41, 5.74) is 2.68. The number of nitro groups is 1. The average molecular weight is 454 g/mol. The highest BCUT2D eigenvalue weighted by Crippen LogP contribution is 2.33. The first-order chi connectivity index (χ1) is 15.3. The maximum Gasteiger partial charge on any atom is 0.278 e. The maximum absolute atomic E-state index is 12.8. The van der Waals surface area contributed by atoms with Gasteiger partial charge >= 0.3 is 0 Å². The molecule has 1 fully saturated rings.